The number of benzene rings is 2. The van der Waals surface area contributed by atoms with Crippen molar-refractivity contribution in [2.75, 3.05) is 26.1 Å². The van der Waals surface area contributed by atoms with Crippen LogP contribution in [0.15, 0.2) is 30.3 Å². The third kappa shape index (κ3) is 4.03. The van der Waals surface area contributed by atoms with E-state index in [9.17, 15) is 4.79 Å². The van der Waals surface area contributed by atoms with Crippen LogP contribution < -0.4 is 24.7 Å². The predicted octanol–water partition coefficient (Wildman–Crippen LogP) is 3.97. The maximum absolute atomic E-state index is 11.8. The largest absolute Gasteiger partial charge is 0.496 e. The van der Waals surface area contributed by atoms with Gasteiger partial charge in [0.25, 0.3) is 0 Å². The summed E-state index contributed by atoms with van der Waals surface area (Å²) in [6.07, 6.45) is 0.718. The van der Waals surface area contributed by atoms with Gasteiger partial charge in [-0.15, -0.1) is 0 Å². The number of anilines is 1. The van der Waals surface area contributed by atoms with Crippen LogP contribution in [-0.4, -0.2) is 36.3 Å². The SMILES string of the molecule is CCc1cc(-c2nc(N)nc(C)c2-c2ccc3c(c2)OCCO3)c(OC(C)=O)cc1OC. The van der Waals surface area contributed by atoms with Gasteiger partial charge in [-0.3, -0.25) is 4.79 Å². The van der Waals surface area contributed by atoms with Gasteiger partial charge in [0.1, 0.15) is 24.7 Å². The van der Waals surface area contributed by atoms with E-state index in [0.717, 1.165) is 23.1 Å². The molecule has 1 aromatic heterocycles. The second-order valence-corrected chi connectivity index (χ2v) is 7.36. The number of carbonyl (C=O) groups excluding carboxylic acids is 1. The molecule has 1 aliphatic heterocycles. The van der Waals surface area contributed by atoms with Gasteiger partial charge in [0, 0.05) is 24.1 Å². The van der Waals surface area contributed by atoms with Crippen molar-refractivity contribution >= 4 is 11.9 Å². The minimum Gasteiger partial charge on any atom is -0.496 e. The fourth-order valence-corrected chi connectivity index (χ4v) is 3.83. The number of carbonyl (C=O) groups is 1. The Labute approximate surface area is 186 Å². The lowest BCUT2D eigenvalue weighted by atomic mass is 9.95. The van der Waals surface area contributed by atoms with E-state index in [-0.39, 0.29) is 5.95 Å². The molecule has 2 heterocycles. The van der Waals surface area contributed by atoms with Gasteiger partial charge < -0.3 is 24.7 Å². The average Bonchev–Trinajstić information content (AvgIpc) is 2.77. The molecule has 0 saturated heterocycles. The van der Waals surface area contributed by atoms with Crippen molar-refractivity contribution in [1.82, 2.24) is 9.97 Å². The van der Waals surface area contributed by atoms with E-state index >= 15 is 0 Å². The van der Waals surface area contributed by atoms with E-state index in [0.29, 0.717) is 53.2 Å². The fourth-order valence-electron chi connectivity index (χ4n) is 3.83. The minimum absolute atomic E-state index is 0.126. The van der Waals surface area contributed by atoms with Crippen LogP contribution in [0.5, 0.6) is 23.0 Å². The van der Waals surface area contributed by atoms with Gasteiger partial charge in [0.15, 0.2) is 11.5 Å². The van der Waals surface area contributed by atoms with E-state index in [1.165, 1.54) is 6.92 Å². The molecule has 0 spiro atoms. The molecule has 0 fully saturated rings. The van der Waals surface area contributed by atoms with Gasteiger partial charge in [-0.2, -0.15) is 0 Å². The van der Waals surface area contributed by atoms with Gasteiger partial charge in [-0.05, 0) is 42.7 Å². The van der Waals surface area contributed by atoms with Crippen molar-refractivity contribution in [3.63, 3.8) is 0 Å². The molecule has 32 heavy (non-hydrogen) atoms. The topological polar surface area (TPSA) is 106 Å². The molecule has 0 saturated carbocycles. The number of rotatable bonds is 5. The van der Waals surface area contributed by atoms with Crippen LogP contribution in [0, 0.1) is 6.92 Å². The molecule has 0 bridgehead atoms. The summed E-state index contributed by atoms with van der Waals surface area (Å²) in [5.74, 6) is 1.99. The van der Waals surface area contributed by atoms with Gasteiger partial charge >= 0.3 is 5.97 Å². The molecule has 0 radical (unpaired) electrons. The Bertz CT molecular complexity index is 1190. The molecule has 2 N–H and O–H groups in total. The molecule has 2 aromatic carbocycles. The van der Waals surface area contributed by atoms with Crippen LogP contribution in [0.25, 0.3) is 22.4 Å². The molecule has 1 aliphatic rings. The number of nitrogens with two attached hydrogens (primary N) is 1. The number of hydrogen-bond acceptors (Lipinski definition) is 8. The van der Waals surface area contributed by atoms with Gasteiger partial charge in [0.05, 0.1) is 18.5 Å². The Balaban J connectivity index is 1.98. The van der Waals surface area contributed by atoms with E-state index in [4.69, 9.17) is 24.7 Å². The smallest absolute Gasteiger partial charge is 0.308 e. The molecule has 4 rings (SSSR count). The van der Waals surface area contributed by atoms with Crippen LogP contribution in [0.4, 0.5) is 5.95 Å². The number of hydrogen-bond donors (Lipinski definition) is 1. The van der Waals surface area contributed by atoms with Crippen LogP contribution in [0.2, 0.25) is 0 Å². The van der Waals surface area contributed by atoms with Crippen LogP contribution in [-0.2, 0) is 11.2 Å². The Hall–Kier alpha value is -3.81. The number of fused-ring (bicyclic) bond motifs is 1. The summed E-state index contributed by atoms with van der Waals surface area (Å²) >= 11 is 0. The average molecular weight is 435 g/mol. The summed E-state index contributed by atoms with van der Waals surface area (Å²) in [7, 11) is 1.58. The predicted molar refractivity (Wildman–Crippen MR) is 120 cm³/mol. The number of aryl methyl sites for hydroxylation is 2. The zero-order valence-corrected chi connectivity index (χ0v) is 18.5. The van der Waals surface area contributed by atoms with Crippen LogP contribution in [0.1, 0.15) is 25.1 Å². The Kier molecular flexibility index (Phi) is 5.85. The molecule has 8 heteroatoms. The highest BCUT2D eigenvalue weighted by Gasteiger charge is 2.23. The molecule has 0 aliphatic carbocycles. The van der Waals surface area contributed by atoms with Crippen molar-refractivity contribution in [3.05, 3.63) is 41.6 Å². The minimum atomic E-state index is -0.447. The molecule has 3 aromatic rings. The number of nitrogen functional groups attached to an aromatic ring is 1. The normalized spacial score (nSPS) is 12.4. The first-order valence-corrected chi connectivity index (χ1v) is 10.3. The molecule has 0 amide bonds. The number of ether oxygens (including phenoxy) is 4. The number of nitrogens with zero attached hydrogens (tertiary/aromatic N) is 2. The first kappa shape index (κ1) is 21.4. The first-order valence-electron chi connectivity index (χ1n) is 10.3. The van der Waals surface area contributed by atoms with E-state index < -0.39 is 5.97 Å². The van der Waals surface area contributed by atoms with E-state index in [2.05, 4.69) is 9.97 Å². The van der Waals surface area contributed by atoms with Crippen molar-refractivity contribution < 1.29 is 23.7 Å². The zero-order valence-electron chi connectivity index (χ0n) is 18.5. The molecule has 166 valence electrons. The summed E-state index contributed by atoms with van der Waals surface area (Å²) in [5.41, 5.74) is 10.4. The molecular formula is C24H25N3O5. The summed E-state index contributed by atoms with van der Waals surface area (Å²) in [6, 6.07) is 9.31. The van der Waals surface area contributed by atoms with Crippen molar-refractivity contribution in [2.45, 2.75) is 27.2 Å². The molecule has 0 atom stereocenters. The Morgan fingerprint density at radius 3 is 2.53 bits per heavy atom. The van der Waals surface area contributed by atoms with Crippen LogP contribution in [0.3, 0.4) is 0 Å². The number of aromatic nitrogens is 2. The first-order chi connectivity index (χ1) is 15.4. The lowest BCUT2D eigenvalue weighted by Crippen LogP contribution is -2.15. The van der Waals surface area contributed by atoms with Crippen molar-refractivity contribution in [3.8, 4) is 45.4 Å². The summed E-state index contributed by atoms with van der Waals surface area (Å²) < 4.78 is 22.4. The van der Waals surface area contributed by atoms with E-state index in [1.807, 2.05) is 38.1 Å². The maximum atomic E-state index is 11.8. The molecular weight excluding hydrogens is 410 g/mol. The summed E-state index contributed by atoms with van der Waals surface area (Å²) in [6.45, 7) is 6.23. The number of methoxy groups -OCH3 is 1. The standard InChI is InChI=1S/C24H25N3O5/c1-5-15-10-17(20(32-14(3)28)12-19(15)29-4)23-22(13(2)26-24(25)27-23)16-6-7-18-21(11-16)31-9-8-30-18/h6-7,10-12H,5,8-9H2,1-4H3,(H2,25,26,27). The van der Waals surface area contributed by atoms with Gasteiger partial charge in [-0.1, -0.05) is 13.0 Å². The third-order valence-corrected chi connectivity index (χ3v) is 5.21. The highest BCUT2D eigenvalue weighted by molar-refractivity contribution is 5.88. The van der Waals surface area contributed by atoms with Crippen molar-refractivity contribution in [2.24, 2.45) is 0 Å². The highest BCUT2D eigenvalue weighted by Crippen LogP contribution is 2.43. The second-order valence-electron chi connectivity index (χ2n) is 7.36. The Morgan fingerprint density at radius 2 is 1.84 bits per heavy atom. The van der Waals surface area contributed by atoms with E-state index in [1.54, 1.807) is 13.2 Å². The number of esters is 1. The van der Waals surface area contributed by atoms with Gasteiger partial charge in [0.2, 0.25) is 5.95 Å². The maximum Gasteiger partial charge on any atom is 0.308 e. The van der Waals surface area contributed by atoms with Crippen molar-refractivity contribution in [1.29, 1.82) is 0 Å². The van der Waals surface area contributed by atoms with Crippen LogP contribution >= 0.6 is 0 Å². The fraction of sp³-hybridized carbons (Fsp3) is 0.292. The Morgan fingerprint density at radius 1 is 1.09 bits per heavy atom. The molecule has 8 nitrogen and oxygen atoms in total. The molecule has 0 unspecified atom stereocenters. The monoisotopic (exact) mass is 435 g/mol. The second kappa shape index (κ2) is 8.74. The quantitative estimate of drug-likeness (QED) is 0.474. The lowest BCUT2D eigenvalue weighted by Gasteiger charge is -2.21. The van der Waals surface area contributed by atoms with Gasteiger partial charge in [-0.25, -0.2) is 9.97 Å². The summed E-state index contributed by atoms with van der Waals surface area (Å²) in [5, 5.41) is 0. The third-order valence-electron chi connectivity index (χ3n) is 5.21. The lowest BCUT2D eigenvalue weighted by molar-refractivity contribution is -0.131. The zero-order chi connectivity index (χ0) is 22.8. The summed E-state index contributed by atoms with van der Waals surface area (Å²) in [4.78, 5) is 20.8. The highest BCUT2D eigenvalue weighted by atomic mass is 16.6.